The molecule has 0 unspecified atom stereocenters. The van der Waals surface area contributed by atoms with Crippen molar-refractivity contribution >= 4 is 38.8 Å². The minimum Gasteiger partial charge on any atom is -0.310 e. The molecule has 6 aromatic carbocycles. The lowest BCUT2D eigenvalue weighted by molar-refractivity contribution is 0.968. The fourth-order valence-corrected chi connectivity index (χ4v) is 8.29. The number of fused-ring (bicyclic) bond motifs is 9. The third kappa shape index (κ3) is 3.59. The second-order valence-corrected chi connectivity index (χ2v) is 12.9. The maximum atomic E-state index is 2.51. The maximum absolute atomic E-state index is 2.51. The van der Waals surface area contributed by atoms with Crippen LogP contribution in [0.1, 0.15) is 34.4 Å². The van der Waals surface area contributed by atoms with E-state index in [-0.39, 0.29) is 0 Å². The van der Waals surface area contributed by atoms with E-state index in [1.165, 1.54) is 94.3 Å². The molecule has 2 heterocycles. The van der Waals surface area contributed by atoms with Crippen molar-refractivity contribution in [3.05, 3.63) is 161 Å². The fraction of sp³-hybridized carbons (Fsp3) is 0.0909. The molecular weight excluding hydrogens is 556 g/mol. The third-order valence-electron chi connectivity index (χ3n) is 10.4. The quantitative estimate of drug-likeness (QED) is 0.194. The van der Waals surface area contributed by atoms with Crippen LogP contribution < -0.4 is 0 Å². The Morgan fingerprint density at radius 2 is 1.22 bits per heavy atom. The molecule has 0 amide bonds. The summed E-state index contributed by atoms with van der Waals surface area (Å²) in [7, 11) is 0. The van der Waals surface area contributed by atoms with Gasteiger partial charge < -0.3 is 9.13 Å². The van der Waals surface area contributed by atoms with Crippen LogP contribution in [0.2, 0.25) is 0 Å². The van der Waals surface area contributed by atoms with E-state index in [1.807, 2.05) is 0 Å². The number of aromatic nitrogens is 2. The Morgan fingerprint density at radius 3 is 2.00 bits per heavy atom. The molecule has 0 radical (unpaired) electrons. The first-order valence-corrected chi connectivity index (χ1v) is 16.4. The highest BCUT2D eigenvalue weighted by molar-refractivity contribution is 6.09. The van der Waals surface area contributed by atoms with Crippen molar-refractivity contribution in [2.24, 2.45) is 0 Å². The van der Waals surface area contributed by atoms with Gasteiger partial charge in [0.25, 0.3) is 0 Å². The van der Waals surface area contributed by atoms with Gasteiger partial charge in [-0.05, 0) is 113 Å². The lowest BCUT2D eigenvalue weighted by Gasteiger charge is -2.17. The molecule has 8 aromatic rings. The lowest BCUT2D eigenvalue weighted by atomic mass is 9.96. The van der Waals surface area contributed by atoms with E-state index in [4.69, 9.17) is 0 Å². The van der Waals surface area contributed by atoms with E-state index >= 15 is 0 Å². The summed E-state index contributed by atoms with van der Waals surface area (Å²) in [5, 5.41) is 3.96. The van der Waals surface area contributed by atoms with Gasteiger partial charge >= 0.3 is 0 Å². The van der Waals surface area contributed by atoms with Crippen LogP contribution in [0.25, 0.3) is 72.4 Å². The summed E-state index contributed by atoms with van der Waals surface area (Å²) in [4.78, 5) is 0. The normalized spacial score (nSPS) is 13.4. The summed E-state index contributed by atoms with van der Waals surface area (Å²) in [6, 6.07) is 47.4. The van der Waals surface area contributed by atoms with E-state index in [0.29, 0.717) is 0 Å². The Balaban J connectivity index is 1.25. The molecule has 0 bridgehead atoms. The smallest absolute Gasteiger partial charge is 0.0541 e. The third-order valence-corrected chi connectivity index (χ3v) is 10.4. The zero-order valence-electron chi connectivity index (χ0n) is 25.8. The SMILES string of the molecule is Cc1cccc2c1Cc1c-2cc(-c2cccc(-n3c4c(c5ccccc53)CCC=C4)c2)cc1-n1c2ccccc2c2ccccc21. The summed E-state index contributed by atoms with van der Waals surface area (Å²) in [5.74, 6) is 0. The van der Waals surface area contributed by atoms with Crippen LogP contribution in [0, 0.1) is 6.92 Å². The first-order chi connectivity index (χ1) is 22.7. The van der Waals surface area contributed by atoms with Crippen molar-refractivity contribution in [1.82, 2.24) is 9.13 Å². The topological polar surface area (TPSA) is 9.86 Å². The van der Waals surface area contributed by atoms with Crippen LogP contribution in [0.4, 0.5) is 0 Å². The van der Waals surface area contributed by atoms with Gasteiger partial charge in [-0.3, -0.25) is 0 Å². The van der Waals surface area contributed by atoms with Gasteiger partial charge in [0, 0.05) is 34.0 Å². The first-order valence-electron chi connectivity index (χ1n) is 16.4. The predicted molar refractivity (Wildman–Crippen MR) is 193 cm³/mol. The molecule has 218 valence electrons. The molecule has 0 fully saturated rings. The molecule has 2 nitrogen and oxygen atoms in total. The molecule has 2 aromatic heterocycles. The molecule has 2 aliphatic carbocycles. The van der Waals surface area contributed by atoms with Crippen molar-refractivity contribution < 1.29 is 0 Å². The molecule has 0 atom stereocenters. The summed E-state index contributed by atoms with van der Waals surface area (Å²) in [5.41, 5.74) is 18.4. The zero-order chi connectivity index (χ0) is 30.4. The number of rotatable bonds is 3. The number of nitrogens with zero attached hydrogens (tertiary/aromatic N) is 2. The highest BCUT2D eigenvalue weighted by Gasteiger charge is 2.26. The number of benzene rings is 6. The fourth-order valence-electron chi connectivity index (χ4n) is 8.29. The largest absolute Gasteiger partial charge is 0.310 e. The standard InChI is InChI=1S/C44H32N2/c1-28-12-10-19-32-37(28)27-39-38(32)25-30(26-44(39)46-42-22-8-4-17-35(42)36-18-5-9-23-43(36)46)29-13-11-14-31(24-29)45-40-20-6-2-15-33(40)34-16-3-7-21-41(34)45/h2,4-15,17-26H,3,16,27H2,1H3. The molecule has 0 saturated carbocycles. The van der Waals surface area contributed by atoms with Gasteiger partial charge in [-0.15, -0.1) is 0 Å². The van der Waals surface area contributed by atoms with Crippen LogP contribution in [-0.4, -0.2) is 9.13 Å². The zero-order valence-corrected chi connectivity index (χ0v) is 25.8. The van der Waals surface area contributed by atoms with E-state index in [1.54, 1.807) is 0 Å². The minimum absolute atomic E-state index is 0.946. The Kier molecular flexibility index (Phi) is 5.42. The molecule has 10 rings (SSSR count). The van der Waals surface area contributed by atoms with Gasteiger partial charge in [0.05, 0.1) is 22.2 Å². The number of aryl methyl sites for hydroxylation is 2. The van der Waals surface area contributed by atoms with Crippen LogP contribution in [-0.2, 0) is 12.8 Å². The van der Waals surface area contributed by atoms with Gasteiger partial charge in [-0.2, -0.15) is 0 Å². The van der Waals surface area contributed by atoms with Gasteiger partial charge in [0.2, 0.25) is 0 Å². The number of hydrogen-bond donors (Lipinski definition) is 0. The van der Waals surface area contributed by atoms with E-state index in [2.05, 4.69) is 156 Å². The highest BCUT2D eigenvalue weighted by atomic mass is 15.0. The molecule has 46 heavy (non-hydrogen) atoms. The highest BCUT2D eigenvalue weighted by Crippen LogP contribution is 2.46. The lowest BCUT2D eigenvalue weighted by Crippen LogP contribution is -2.01. The molecule has 0 saturated heterocycles. The summed E-state index contributed by atoms with van der Waals surface area (Å²) >= 11 is 0. The summed E-state index contributed by atoms with van der Waals surface area (Å²) < 4.78 is 4.97. The molecule has 0 spiro atoms. The monoisotopic (exact) mass is 588 g/mol. The number of allylic oxidation sites excluding steroid dienone is 1. The second kappa shape index (κ2) is 9.70. The number of hydrogen-bond acceptors (Lipinski definition) is 0. The number of para-hydroxylation sites is 3. The predicted octanol–water partition coefficient (Wildman–Crippen LogP) is 11.2. The Hall–Kier alpha value is -5.60. The van der Waals surface area contributed by atoms with Crippen molar-refractivity contribution in [1.29, 1.82) is 0 Å². The van der Waals surface area contributed by atoms with E-state index < -0.39 is 0 Å². The molecular formula is C44H32N2. The maximum Gasteiger partial charge on any atom is 0.0541 e. The summed E-state index contributed by atoms with van der Waals surface area (Å²) in [6.07, 6.45) is 7.77. The van der Waals surface area contributed by atoms with Gasteiger partial charge in [0.15, 0.2) is 0 Å². The molecule has 0 aliphatic heterocycles. The second-order valence-electron chi connectivity index (χ2n) is 12.9. The van der Waals surface area contributed by atoms with Crippen molar-refractivity contribution in [3.63, 3.8) is 0 Å². The van der Waals surface area contributed by atoms with Crippen LogP contribution in [0.15, 0.2) is 133 Å². The van der Waals surface area contributed by atoms with Gasteiger partial charge in [-0.1, -0.05) is 91.0 Å². The van der Waals surface area contributed by atoms with Gasteiger partial charge in [0.1, 0.15) is 0 Å². The first kappa shape index (κ1) is 25.7. The molecule has 2 heteroatoms. The van der Waals surface area contributed by atoms with E-state index in [0.717, 1.165) is 19.3 Å². The summed E-state index contributed by atoms with van der Waals surface area (Å²) in [6.45, 7) is 2.26. The average molecular weight is 589 g/mol. The Labute approximate surface area is 268 Å². The Morgan fingerprint density at radius 1 is 0.522 bits per heavy atom. The van der Waals surface area contributed by atoms with Crippen molar-refractivity contribution in [2.45, 2.75) is 26.2 Å². The van der Waals surface area contributed by atoms with Crippen LogP contribution in [0.3, 0.4) is 0 Å². The van der Waals surface area contributed by atoms with E-state index in [9.17, 15) is 0 Å². The minimum atomic E-state index is 0.946. The van der Waals surface area contributed by atoms with Crippen molar-refractivity contribution in [3.8, 4) is 33.6 Å². The van der Waals surface area contributed by atoms with Crippen LogP contribution in [0.5, 0.6) is 0 Å². The van der Waals surface area contributed by atoms with Gasteiger partial charge in [-0.25, -0.2) is 0 Å². The molecule has 2 aliphatic rings. The van der Waals surface area contributed by atoms with Crippen LogP contribution >= 0.6 is 0 Å². The molecule has 0 N–H and O–H groups in total. The van der Waals surface area contributed by atoms with Crippen molar-refractivity contribution in [2.75, 3.05) is 0 Å². The average Bonchev–Trinajstić information content (AvgIpc) is 3.77. The Bertz CT molecular complexity index is 2520.